The summed E-state index contributed by atoms with van der Waals surface area (Å²) in [6.07, 6.45) is 0. The Bertz CT molecular complexity index is 1500. The molecule has 0 atom stereocenters. The number of nitriles is 1. The highest BCUT2D eigenvalue weighted by Crippen LogP contribution is 2.43. The van der Waals surface area contributed by atoms with Crippen molar-refractivity contribution in [1.82, 2.24) is 4.98 Å². The summed E-state index contributed by atoms with van der Waals surface area (Å²) in [5.74, 6) is 1.28. The lowest BCUT2D eigenvalue weighted by atomic mass is 9.94. The van der Waals surface area contributed by atoms with Crippen LogP contribution in [0.2, 0.25) is 0 Å². The smallest absolute Gasteiger partial charge is 0.267 e. The Morgan fingerprint density at radius 1 is 1.11 bits per heavy atom. The van der Waals surface area contributed by atoms with Crippen molar-refractivity contribution in [1.29, 1.82) is 5.26 Å². The third-order valence-electron chi connectivity index (χ3n) is 5.89. The van der Waals surface area contributed by atoms with Crippen LogP contribution in [0.5, 0.6) is 11.5 Å². The number of nitrogen functional groups attached to an aromatic ring is 2. The summed E-state index contributed by atoms with van der Waals surface area (Å²) < 4.78 is 11.1. The maximum Gasteiger partial charge on any atom is 0.267 e. The van der Waals surface area contributed by atoms with E-state index in [1.165, 1.54) is 5.56 Å². The number of rotatable bonds is 4. The van der Waals surface area contributed by atoms with Gasteiger partial charge in [0, 0.05) is 22.7 Å². The van der Waals surface area contributed by atoms with Gasteiger partial charge in [-0.3, -0.25) is 4.79 Å². The predicted octanol–water partition coefficient (Wildman–Crippen LogP) is 5.15. The molecule has 0 fully saturated rings. The fourth-order valence-electron chi connectivity index (χ4n) is 4.08. The Morgan fingerprint density at radius 2 is 1.83 bits per heavy atom. The highest BCUT2D eigenvalue weighted by molar-refractivity contribution is 7.21. The molecule has 0 unspecified atom stereocenters. The van der Waals surface area contributed by atoms with E-state index < -0.39 is 0 Å². The van der Waals surface area contributed by atoms with Crippen LogP contribution in [0.1, 0.15) is 40.6 Å². The molecule has 5 N–H and O–H groups in total. The summed E-state index contributed by atoms with van der Waals surface area (Å²) in [6.45, 7) is 5.16. The summed E-state index contributed by atoms with van der Waals surface area (Å²) >= 11 is 1.14. The summed E-state index contributed by atoms with van der Waals surface area (Å²) in [5, 5.41) is 13.3. The molecule has 3 heterocycles. The zero-order chi connectivity index (χ0) is 24.7. The molecule has 0 radical (unpaired) electrons. The minimum atomic E-state index is -0.389. The normalized spacial score (nSPS) is 12.5. The lowest BCUT2D eigenvalue weighted by Crippen LogP contribution is -2.16. The number of nitrogens with two attached hydrogens (primary N) is 2. The number of carbonyl (C=O) groups excluding carboxylic acids is 1. The molecule has 2 aromatic heterocycles. The van der Waals surface area contributed by atoms with Gasteiger partial charge in [0.05, 0.1) is 5.69 Å². The van der Waals surface area contributed by atoms with Gasteiger partial charge >= 0.3 is 0 Å². The van der Waals surface area contributed by atoms with E-state index in [4.69, 9.17) is 20.9 Å². The van der Waals surface area contributed by atoms with Crippen molar-refractivity contribution < 1.29 is 14.3 Å². The van der Waals surface area contributed by atoms with Crippen molar-refractivity contribution >= 4 is 44.7 Å². The second-order valence-electron chi connectivity index (χ2n) is 8.47. The summed E-state index contributed by atoms with van der Waals surface area (Å²) in [5.41, 5.74) is 16.2. The second kappa shape index (κ2) is 8.81. The fraction of sp³-hybridized carbons (Fsp3) is 0.192. The van der Waals surface area contributed by atoms with Crippen molar-refractivity contribution in [2.75, 3.05) is 30.0 Å². The lowest BCUT2D eigenvalue weighted by Gasteiger charge is -2.18. The predicted molar refractivity (Wildman–Crippen MR) is 138 cm³/mol. The largest absolute Gasteiger partial charge is 0.486 e. The highest BCUT2D eigenvalue weighted by Gasteiger charge is 2.25. The third-order valence-corrected chi connectivity index (χ3v) is 6.99. The molecule has 4 aromatic rings. The van der Waals surface area contributed by atoms with Crippen LogP contribution in [0.4, 0.5) is 17.2 Å². The Kier molecular flexibility index (Phi) is 5.67. The van der Waals surface area contributed by atoms with Gasteiger partial charge in [-0.1, -0.05) is 38.1 Å². The average Bonchev–Trinajstić information content (AvgIpc) is 3.18. The van der Waals surface area contributed by atoms with E-state index in [0.29, 0.717) is 52.1 Å². The van der Waals surface area contributed by atoms with Gasteiger partial charge < -0.3 is 26.3 Å². The zero-order valence-corrected chi connectivity index (χ0v) is 20.0. The first-order valence-corrected chi connectivity index (χ1v) is 11.9. The molecule has 9 heteroatoms. The van der Waals surface area contributed by atoms with E-state index in [0.717, 1.165) is 16.9 Å². The van der Waals surface area contributed by atoms with Gasteiger partial charge in [-0.05, 0) is 29.2 Å². The number of nitrogens with zero attached hydrogens (tertiary/aromatic N) is 2. The first-order chi connectivity index (χ1) is 16.9. The lowest BCUT2D eigenvalue weighted by molar-refractivity contribution is 0.103. The van der Waals surface area contributed by atoms with Crippen LogP contribution in [0.3, 0.4) is 0 Å². The molecule has 176 valence electrons. The number of anilines is 3. The molecular formula is C26H23N5O3S. The number of pyridine rings is 1. The SMILES string of the molecule is CC(C)c1ccc(-c2c(C#N)c(N)nc3sc(C(=O)Nc4ccc5c(c4)OCCO5)c(N)c23)cc1. The molecule has 1 aliphatic heterocycles. The summed E-state index contributed by atoms with van der Waals surface area (Å²) in [4.78, 5) is 18.4. The molecule has 35 heavy (non-hydrogen) atoms. The number of aromatic nitrogens is 1. The van der Waals surface area contributed by atoms with Crippen molar-refractivity contribution in [2.24, 2.45) is 0 Å². The van der Waals surface area contributed by atoms with Gasteiger partial charge in [-0.15, -0.1) is 11.3 Å². The van der Waals surface area contributed by atoms with Gasteiger partial charge in [0.25, 0.3) is 5.91 Å². The molecule has 0 saturated carbocycles. The first kappa shape index (κ1) is 22.5. The number of nitrogens with one attached hydrogen (secondary N) is 1. The molecule has 5 rings (SSSR count). The Labute approximate surface area is 206 Å². The highest BCUT2D eigenvalue weighted by atomic mass is 32.1. The van der Waals surface area contributed by atoms with Gasteiger partial charge in [-0.25, -0.2) is 4.98 Å². The molecule has 0 aliphatic carbocycles. The van der Waals surface area contributed by atoms with Crippen LogP contribution in [0, 0.1) is 11.3 Å². The molecule has 1 amide bonds. The topological polar surface area (TPSA) is 136 Å². The monoisotopic (exact) mass is 485 g/mol. The van der Waals surface area contributed by atoms with E-state index in [2.05, 4.69) is 30.2 Å². The Hall–Kier alpha value is -4.29. The van der Waals surface area contributed by atoms with Crippen molar-refractivity contribution in [2.45, 2.75) is 19.8 Å². The second-order valence-corrected chi connectivity index (χ2v) is 9.47. The standard InChI is InChI=1S/C26H23N5O3S/c1-13(2)14-3-5-15(6-4-14)20-17(12-27)24(29)31-26-21(20)22(28)23(35-26)25(32)30-16-7-8-18-19(11-16)34-10-9-33-18/h3-8,11,13H,9-10,28H2,1-2H3,(H2,29,31)(H,30,32). The van der Waals surface area contributed by atoms with E-state index >= 15 is 0 Å². The minimum Gasteiger partial charge on any atom is -0.486 e. The Balaban J connectivity index is 1.58. The van der Waals surface area contributed by atoms with E-state index in [1.54, 1.807) is 18.2 Å². The molecule has 2 aromatic carbocycles. The zero-order valence-electron chi connectivity index (χ0n) is 19.2. The molecule has 8 nitrogen and oxygen atoms in total. The van der Waals surface area contributed by atoms with Gasteiger partial charge in [0.2, 0.25) is 0 Å². The molecular weight excluding hydrogens is 462 g/mol. The first-order valence-electron chi connectivity index (χ1n) is 11.1. The number of hydrogen-bond donors (Lipinski definition) is 3. The summed E-state index contributed by atoms with van der Waals surface area (Å²) in [6, 6.07) is 15.3. The average molecular weight is 486 g/mol. The van der Waals surface area contributed by atoms with Crippen molar-refractivity contribution in [3.05, 3.63) is 58.5 Å². The Morgan fingerprint density at radius 3 is 2.51 bits per heavy atom. The van der Waals surface area contributed by atoms with Crippen LogP contribution in [-0.4, -0.2) is 24.1 Å². The third kappa shape index (κ3) is 3.98. The maximum absolute atomic E-state index is 13.2. The number of fused-ring (bicyclic) bond motifs is 2. The number of hydrogen-bond acceptors (Lipinski definition) is 8. The number of thiophene rings is 1. The molecule has 0 bridgehead atoms. The molecule has 0 saturated heterocycles. The van der Waals surface area contributed by atoms with Gasteiger partial charge in [0.15, 0.2) is 11.5 Å². The number of ether oxygens (including phenoxy) is 2. The minimum absolute atomic E-state index is 0.1000. The van der Waals surface area contributed by atoms with E-state index in [1.807, 2.05) is 24.3 Å². The van der Waals surface area contributed by atoms with Crippen LogP contribution in [0.25, 0.3) is 21.3 Å². The van der Waals surface area contributed by atoms with Gasteiger partial charge in [-0.2, -0.15) is 5.26 Å². The van der Waals surface area contributed by atoms with Crippen LogP contribution < -0.4 is 26.3 Å². The molecule has 1 aliphatic rings. The quantitative estimate of drug-likeness (QED) is 0.364. The number of carbonyl (C=O) groups is 1. The van der Waals surface area contributed by atoms with Crippen molar-refractivity contribution in [3.8, 4) is 28.7 Å². The van der Waals surface area contributed by atoms with Crippen LogP contribution in [-0.2, 0) is 0 Å². The van der Waals surface area contributed by atoms with Gasteiger partial charge in [0.1, 0.15) is 40.4 Å². The van der Waals surface area contributed by atoms with Crippen LogP contribution in [0.15, 0.2) is 42.5 Å². The van der Waals surface area contributed by atoms with E-state index in [-0.39, 0.29) is 27.9 Å². The fourth-order valence-corrected chi connectivity index (χ4v) is 5.09. The van der Waals surface area contributed by atoms with Crippen molar-refractivity contribution in [3.63, 3.8) is 0 Å². The van der Waals surface area contributed by atoms with E-state index in [9.17, 15) is 10.1 Å². The van der Waals surface area contributed by atoms with Crippen LogP contribution >= 0.6 is 11.3 Å². The maximum atomic E-state index is 13.2. The summed E-state index contributed by atoms with van der Waals surface area (Å²) in [7, 11) is 0. The number of amides is 1. The number of benzene rings is 2. The molecule has 0 spiro atoms.